The molecule has 1 aromatic carbocycles. The van der Waals surface area contributed by atoms with Gasteiger partial charge in [-0.05, 0) is 30.5 Å². The summed E-state index contributed by atoms with van der Waals surface area (Å²) < 4.78 is 0. The molecule has 110 valence electrons. The van der Waals surface area contributed by atoms with Crippen molar-refractivity contribution in [2.75, 3.05) is 11.1 Å². The molecule has 6 nitrogen and oxygen atoms in total. The average molecular weight is 286 g/mol. The number of phenols is 1. The van der Waals surface area contributed by atoms with E-state index in [1.807, 2.05) is 18.2 Å². The van der Waals surface area contributed by atoms with E-state index in [4.69, 9.17) is 5.73 Å². The fourth-order valence-corrected chi connectivity index (χ4v) is 2.42. The maximum absolute atomic E-state index is 9.38. The van der Waals surface area contributed by atoms with E-state index in [1.54, 1.807) is 12.1 Å². The van der Waals surface area contributed by atoms with Gasteiger partial charge < -0.3 is 21.3 Å². The summed E-state index contributed by atoms with van der Waals surface area (Å²) in [6.45, 7) is 0.587. The van der Waals surface area contributed by atoms with Crippen LogP contribution in [0.2, 0.25) is 0 Å². The van der Waals surface area contributed by atoms with Crippen molar-refractivity contribution in [1.82, 2.24) is 9.97 Å². The molecule has 6 heteroatoms. The van der Waals surface area contributed by atoms with E-state index >= 15 is 0 Å². The molecule has 5 N–H and O–H groups in total. The molecule has 0 bridgehead atoms. The maximum Gasteiger partial charge on any atom is 0.222 e. The Morgan fingerprint density at radius 3 is 2.57 bits per heavy atom. The SMILES string of the molecule is Nc1nc(NCc2ccc(O)cc2)cc(C2CC(O)C2)n1. The highest BCUT2D eigenvalue weighted by atomic mass is 16.3. The normalized spacial score (nSPS) is 20.8. The third kappa shape index (κ3) is 3.22. The summed E-state index contributed by atoms with van der Waals surface area (Å²) in [7, 11) is 0. The Kier molecular flexibility index (Phi) is 3.62. The predicted octanol–water partition coefficient (Wildman–Crippen LogP) is 1.61. The maximum atomic E-state index is 9.38. The Bertz CT molecular complexity index is 624. The fourth-order valence-electron chi connectivity index (χ4n) is 2.42. The Morgan fingerprint density at radius 2 is 1.90 bits per heavy atom. The lowest BCUT2D eigenvalue weighted by atomic mass is 9.80. The van der Waals surface area contributed by atoms with Crippen LogP contribution in [0.25, 0.3) is 0 Å². The molecule has 0 amide bonds. The van der Waals surface area contributed by atoms with Gasteiger partial charge in [-0.15, -0.1) is 0 Å². The molecule has 0 atom stereocenters. The van der Waals surface area contributed by atoms with E-state index in [9.17, 15) is 10.2 Å². The number of benzene rings is 1. The molecule has 1 aliphatic carbocycles. The molecule has 1 heterocycles. The van der Waals surface area contributed by atoms with Gasteiger partial charge in [-0.1, -0.05) is 12.1 Å². The van der Waals surface area contributed by atoms with Crippen LogP contribution in [0.5, 0.6) is 5.75 Å². The molecule has 0 spiro atoms. The lowest BCUT2D eigenvalue weighted by Gasteiger charge is -2.30. The first-order valence-corrected chi connectivity index (χ1v) is 6.94. The number of aliphatic hydroxyl groups is 1. The Balaban J connectivity index is 1.68. The molecule has 0 unspecified atom stereocenters. The molecule has 0 aliphatic heterocycles. The Labute approximate surface area is 122 Å². The number of nitrogens with zero attached hydrogens (tertiary/aromatic N) is 2. The summed E-state index contributed by atoms with van der Waals surface area (Å²) >= 11 is 0. The number of rotatable bonds is 4. The lowest BCUT2D eigenvalue weighted by molar-refractivity contribution is 0.0732. The van der Waals surface area contributed by atoms with Gasteiger partial charge in [0.1, 0.15) is 11.6 Å². The highest BCUT2D eigenvalue weighted by Crippen LogP contribution is 2.36. The van der Waals surface area contributed by atoms with Crippen LogP contribution in [0.1, 0.15) is 30.0 Å². The van der Waals surface area contributed by atoms with Crippen molar-refractivity contribution in [3.63, 3.8) is 0 Å². The molecule has 3 rings (SSSR count). The minimum atomic E-state index is -0.223. The van der Waals surface area contributed by atoms with Crippen LogP contribution in [-0.4, -0.2) is 26.3 Å². The van der Waals surface area contributed by atoms with Gasteiger partial charge in [-0.2, -0.15) is 4.98 Å². The highest BCUT2D eigenvalue weighted by Gasteiger charge is 2.30. The number of nitrogens with two attached hydrogens (primary N) is 1. The van der Waals surface area contributed by atoms with Crippen LogP contribution in [0.3, 0.4) is 0 Å². The van der Waals surface area contributed by atoms with Crippen molar-refractivity contribution in [3.8, 4) is 5.75 Å². The third-order valence-electron chi connectivity index (χ3n) is 3.70. The summed E-state index contributed by atoms with van der Waals surface area (Å²) in [5.74, 6) is 1.42. The number of nitrogen functional groups attached to an aromatic ring is 1. The number of aromatic hydroxyl groups is 1. The number of aliphatic hydroxyl groups excluding tert-OH is 1. The van der Waals surface area contributed by atoms with Gasteiger partial charge in [0.2, 0.25) is 5.95 Å². The standard InChI is InChI=1S/C15H18N4O2/c16-15-18-13(10-5-12(21)6-10)7-14(19-15)17-8-9-1-3-11(20)4-2-9/h1-4,7,10,12,20-21H,5-6,8H2,(H3,16,17,18,19). The second-order valence-corrected chi connectivity index (χ2v) is 5.38. The molecular weight excluding hydrogens is 268 g/mol. The highest BCUT2D eigenvalue weighted by molar-refractivity contribution is 5.43. The van der Waals surface area contributed by atoms with Crippen molar-refractivity contribution < 1.29 is 10.2 Å². The lowest BCUT2D eigenvalue weighted by Crippen LogP contribution is -2.27. The minimum Gasteiger partial charge on any atom is -0.508 e. The molecule has 0 radical (unpaired) electrons. The van der Waals surface area contributed by atoms with Crippen molar-refractivity contribution in [2.45, 2.75) is 31.4 Å². The molecule has 2 aromatic rings. The molecule has 1 fully saturated rings. The first-order valence-electron chi connectivity index (χ1n) is 6.94. The summed E-state index contributed by atoms with van der Waals surface area (Å²) in [5, 5.41) is 21.8. The first-order chi connectivity index (χ1) is 10.1. The molecule has 0 saturated heterocycles. The van der Waals surface area contributed by atoms with Gasteiger partial charge >= 0.3 is 0 Å². The van der Waals surface area contributed by atoms with Crippen LogP contribution in [0, 0.1) is 0 Å². The Hall–Kier alpha value is -2.34. The number of anilines is 2. The fraction of sp³-hybridized carbons (Fsp3) is 0.333. The van der Waals surface area contributed by atoms with E-state index in [2.05, 4.69) is 15.3 Å². The van der Waals surface area contributed by atoms with Crippen molar-refractivity contribution in [1.29, 1.82) is 0 Å². The summed E-state index contributed by atoms with van der Waals surface area (Å²) in [6, 6.07) is 8.86. The zero-order valence-corrected chi connectivity index (χ0v) is 11.5. The van der Waals surface area contributed by atoms with Crippen LogP contribution in [0.4, 0.5) is 11.8 Å². The Morgan fingerprint density at radius 1 is 1.19 bits per heavy atom. The number of aromatic nitrogens is 2. The largest absolute Gasteiger partial charge is 0.508 e. The van der Waals surface area contributed by atoms with Gasteiger partial charge in [0.05, 0.1) is 11.8 Å². The van der Waals surface area contributed by atoms with Gasteiger partial charge in [0, 0.05) is 18.5 Å². The third-order valence-corrected chi connectivity index (χ3v) is 3.70. The van der Waals surface area contributed by atoms with Gasteiger partial charge in [0.15, 0.2) is 0 Å². The number of phenolic OH excluding ortho intramolecular Hbond substituents is 1. The second kappa shape index (κ2) is 5.57. The van der Waals surface area contributed by atoms with Crippen molar-refractivity contribution in [3.05, 3.63) is 41.6 Å². The van der Waals surface area contributed by atoms with Gasteiger partial charge in [-0.3, -0.25) is 0 Å². The molecule has 1 aliphatic rings. The van der Waals surface area contributed by atoms with Crippen LogP contribution in [0.15, 0.2) is 30.3 Å². The second-order valence-electron chi connectivity index (χ2n) is 5.38. The van der Waals surface area contributed by atoms with E-state index < -0.39 is 0 Å². The monoisotopic (exact) mass is 286 g/mol. The summed E-state index contributed by atoms with van der Waals surface area (Å²) in [6.07, 6.45) is 1.24. The van der Waals surface area contributed by atoms with Gasteiger partial charge in [-0.25, -0.2) is 4.98 Å². The zero-order chi connectivity index (χ0) is 14.8. The first kappa shape index (κ1) is 13.6. The number of hydrogen-bond donors (Lipinski definition) is 4. The molecule has 1 saturated carbocycles. The smallest absolute Gasteiger partial charge is 0.222 e. The van der Waals surface area contributed by atoms with Crippen LogP contribution >= 0.6 is 0 Å². The van der Waals surface area contributed by atoms with Crippen LogP contribution in [-0.2, 0) is 6.54 Å². The predicted molar refractivity (Wildman–Crippen MR) is 79.9 cm³/mol. The zero-order valence-electron chi connectivity index (χ0n) is 11.5. The number of nitrogens with one attached hydrogen (secondary N) is 1. The van der Waals surface area contributed by atoms with E-state index in [0.717, 1.165) is 24.1 Å². The average Bonchev–Trinajstić information content (AvgIpc) is 2.43. The van der Waals surface area contributed by atoms with Gasteiger partial charge in [0.25, 0.3) is 0 Å². The quantitative estimate of drug-likeness (QED) is 0.681. The minimum absolute atomic E-state index is 0.223. The van der Waals surface area contributed by atoms with Crippen LogP contribution < -0.4 is 11.1 Å². The molecular formula is C15H18N4O2. The van der Waals surface area contributed by atoms with E-state index in [0.29, 0.717) is 12.4 Å². The number of hydrogen-bond acceptors (Lipinski definition) is 6. The molecule has 1 aromatic heterocycles. The van der Waals surface area contributed by atoms with E-state index in [-0.39, 0.29) is 23.7 Å². The molecule has 21 heavy (non-hydrogen) atoms. The summed E-state index contributed by atoms with van der Waals surface area (Å²) in [5.41, 5.74) is 7.65. The summed E-state index contributed by atoms with van der Waals surface area (Å²) in [4.78, 5) is 8.41. The topological polar surface area (TPSA) is 104 Å². The van der Waals surface area contributed by atoms with Crippen molar-refractivity contribution in [2.24, 2.45) is 0 Å². The van der Waals surface area contributed by atoms with E-state index in [1.165, 1.54) is 0 Å². The van der Waals surface area contributed by atoms with Crippen molar-refractivity contribution >= 4 is 11.8 Å².